The summed E-state index contributed by atoms with van der Waals surface area (Å²) in [6, 6.07) is 4.95. The number of amides is 1. The number of para-hydroxylation sites is 1. The number of nitrogens with one attached hydrogen (secondary N) is 2. The molecule has 106 valence electrons. The van der Waals surface area contributed by atoms with Gasteiger partial charge >= 0.3 is 0 Å². The highest BCUT2D eigenvalue weighted by Crippen LogP contribution is 2.21. The Morgan fingerprint density at radius 3 is 3.10 bits per heavy atom. The van der Waals surface area contributed by atoms with Gasteiger partial charge in [0.25, 0.3) is 0 Å². The molecule has 1 aromatic carbocycles. The van der Waals surface area contributed by atoms with Gasteiger partial charge in [-0.3, -0.25) is 4.79 Å². The normalized spacial score (nSPS) is 16.4. The zero-order chi connectivity index (χ0) is 13.9. The van der Waals surface area contributed by atoms with Crippen LogP contribution in [-0.4, -0.2) is 42.0 Å². The molecule has 1 amide bonds. The van der Waals surface area contributed by atoms with E-state index in [1.165, 1.54) is 6.07 Å². The Morgan fingerprint density at radius 1 is 1.30 bits per heavy atom. The second-order valence-electron chi connectivity index (χ2n) is 5.14. The maximum Gasteiger partial charge on any atom is 0.227 e. The lowest BCUT2D eigenvalue weighted by atomic mass is 10.1. The van der Waals surface area contributed by atoms with Crippen LogP contribution < -0.4 is 5.32 Å². The molecule has 0 radical (unpaired) electrons. The maximum atomic E-state index is 13.6. The van der Waals surface area contributed by atoms with E-state index >= 15 is 0 Å². The molecule has 0 unspecified atom stereocenters. The smallest absolute Gasteiger partial charge is 0.227 e. The minimum Gasteiger partial charge on any atom is -0.359 e. The minimum atomic E-state index is -0.278. The Morgan fingerprint density at radius 2 is 2.20 bits per heavy atom. The third kappa shape index (κ3) is 2.54. The lowest BCUT2D eigenvalue weighted by molar-refractivity contribution is -0.130. The van der Waals surface area contributed by atoms with Crippen molar-refractivity contribution >= 4 is 16.8 Å². The van der Waals surface area contributed by atoms with Crippen molar-refractivity contribution < 1.29 is 9.18 Å². The zero-order valence-corrected chi connectivity index (χ0v) is 11.3. The Labute approximate surface area is 117 Å². The van der Waals surface area contributed by atoms with Crippen LogP contribution in [0, 0.1) is 5.82 Å². The first-order valence-corrected chi connectivity index (χ1v) is 6.98. The van der Waals surface area contributed by atoms with Crippen LogP contribution in [0.25, 0.3) is 10.9 Å². The van der Waals surface area contributed by atoms with Crippen LogP contribution in [0.4, 0.5) is 4.39 Å². The number of carbonyl (C=O) groups excluding carboxylic acids is 1. The molecule has 2 aromatic rings. The molecule has 0 bridgehead atoms. The van der Waals surface area contributed by atoms with Crippen LogP contribution >= 0.6 is 0 Å². The highest BCUT2D eigenvalue weighted by atomic mass is 19.1. The number of carbonyl (C=O) groups is 1. The van der Waals surface area contributed by atoms with E-state index in [4.69, 9.17) is 0 Å². The van der Waals surface area contributed by atoms with Gasteiger partial charge in [0, 0.05) is 31.2 Å². The van der Waals surface area contributed by atoms with Crippen molar-refractivity contribution in [2.75, 3.05) is 26.2 Å². The van der Waals surface area contributed by atoms with Crippen LogP contribution in [0.3, 0.4) is 0 Å². The molecule has 0 spiro atoms. The summed E-state index contributed by atoms with van der Waals surface area (Å²) < 4.78 is 13.6. The molecule has 0 saturated carbocycles. The number of hydrogen-bond donors (Lipinski definition) is 2. The SMILES string of the molecule is O=C(Cc1c[nH]c2c(F)cccc12)N1CCCNCC1. The molecule has 1 aromatic heterocycles. The molecule has 2 N–H and O–H groups in total. The van der Waals surface area contributed by atoms with Crippen molar-refractivity contribution in [2.24, 2.45) is 0 Å². The third-order valence-corrected chi connectivity index (χ3v) is 3.78. The van der Waals surface area contributed by atoms with Gasteiger partial charge in [-0.05, 0) is 24.6 Å². The molecular weight excluding hydrogens is 257 g/mol. The quantitative estimate of drug-likeness (QED) is 0.876. The highest BCUT2D eigenvalue weighted by molar-refractivity contribution is 5.89. The van der Waals surface area contributed by atoms with E-state index in [9.17, 15) is 9.18 Å². The van der Waals surface area contributed by atoms with Crippen LogP contribution in [0.2, 0.25) is 0 Å². The van der Waals surface area contributed by atoms with E-state index < -0.39 is 0 Å². The van der Waals surface area contributed by atoms with E-state index in [0.717, 1.165) is 43.5 Å². The third-order valence-electron chi connectivity index (χ3n) is 3.78. The molecule has 0 aliphatic carbocycles. The number of rotatable bonds is 2. The first kappa shape index (κ1) is 13.1. The summed E-state index contributed by atoms with van der Waals surface area (Å²) in [7, 11) is 0. The molecule has 2 heterocycles. The van der Waals surface area contributed by atoms with E-state index in [1.54, 1.807) is 12.3 Å². The van der Waals surface area contributed by atoms with Gasteiger partial charge in [-0.2, -0.15) is 0 Å². The van der Waals surface area contributed by atoms with Gasteiger partial charge in [-0.15, -0.1) is 0 Å². The molecule has 3 rings (SSSR count). The molecule has 1 aliphatic rings. The summed E-state index contributed by atoms with van der Waals surface area (Å²) in [4.78, 5) is 17.1. The molecule has 1 saturated heterocycles. The first-order valence-electron chi connectivity index (χ1n) is 6.98. The second kappa shape index (κ2) is 5.63. The number of nitrogens with zero attached hydrogens (tertiary/aromatic N) is 1. The first-order chi connectivity index (χ1) is 9.75. The van der Waals surface area contributed by atoms with Crippen molar-refractivity contribution in [1.82, 2.24) is 15.2 Å². The van der Waals surface area contributed by atoms with Gasteiger partial charge in [0.2, 0.25) is 5.91 Å². The summed E-state index contributed by atoms with van der Waals surface area (Å²) in [5.74, 6) is -0.168. The van der Waals surface area contributed by atoms with Crippen LogP contribution in [0.5, 0.6) is 0 Å². The van der Waals surface area contributed by atoms with Crippen LogP contribution in [-0.2, 0) is 11.2 Å². The van der Waals surface area contributed by atoms with Crippen LogP contribution in [0.1, 0.15) is 12.0 Å². The highest BCUT2D eigenvalue weighted by Gasteiger charge is 2.17. The predicted molar refractivity (Wildman–Crippen MR) is 76.0 cm³/mol. The molecule has 5 heteroatoms. The number of benzene rings is 1. The Bertz CT molecular complexity index is 615. The Kier molecular flexibility index (Phi) is 3.69. The van der Waals surface area contributed by atoms with Crippen LogP contribution in [0.15, 0.2) is 24.4 Å². The van der Waals surface area contributed by atoms with Gasteiger partial charge in [0.05, 0.1) is 11.9 Å². The number of halogens is 1. The van der Waals surface area contributed by atoms with Gasteiger partial charge in [0.15, 0.2) is 0 Å². The number of hydrogen-bond acceptors (Lipinski definition) is 2. The average molecular weight is 275 g/mol. The molecule has 0 atom stereocenters. The largest absolute Gasteiger partial charge is 0.359 e. The second-order valence-corrected chi connectivity index (χ2v) is 5.14. The van der Waals surface area contributed by atoms with Gasteiger partial charge in [-0.1, -0.05) is 12.1 Å². The Balaban J connectivity index is 1.78. The van der Waals surface area contributed by atoms with E-state index in [0.29, 0.717) is 11.9 Å². The van der Waals surface area contributed by atoms with E-state index in [2.05, 4.69) is 10.3 Å². The Hall–Kier alpha value is -1.88. The minimum absolute atomic E-state index is 0.110. The topological polar surface area (TPSA) is 48.1 Å². The maximum absolute atomic E-state index is 13.6. The average Bonchev–Trinajstić information content (AvgIpc) is 2.69. The summed E-state index contributed by atoms with van der Waals surface area (Å²) in [6.45, 7) is 3.34. The lowest BCUT2D eigenvalue weighted by Crippen LogP contribution is -2.35. The lowest BCUT2D eigenvalue weighted by Gasteiger charge is -2.19. The summed E-state index contributed by atoms with van der Waals surface area (Å²) in [5.41, 5.74) is 1.34. The zero-order valence-electron chi connectivity index (χ0n) is 11.3. The summed E-state index contributed by atoms with van der Waals surface area (Å²) >= 11 is 0. The number of H-pyrrole nitrogens is 1. The number of fused-ring (bicyclic) bond motifs is 1. The summed E-state index contributed by atoms with van der Waals surface area (Å²) in [5, 5.41) is 4.08. The predicted octanol–water partition coefficient (Wildman–Crippen LogP) is 1.67. The van der Waals surface area contributed by atoms with E-state index in [1.807, 2.05) is 11.0 Å². The van der Waals surface area contributed by atoms with Crippen molar-refractivity contribution in [3.05, 3.63) is 35.8 Å². The standard InChI is InChI=1S/C15H18FN3O/c16-13-4-1-3-12-11(10-18-15(12)13)9-14(20)19-7-2-5-17-6-8-19/h1,3-4,10,17-18H,2,5-9H2. The molecule has 1 fully saturated rings. The molecule has 4 nitrogen and oxygen atoms in total. The van der Waals surface area contributed by atoms with Crippen molar-refractivity contribution in [1.29, 1.82) is 0 Å². The molecular formula is C15H18FN3O. The fourth-order valence-corrected chi connectivity index (χ4v) is 2.69. The fraction of sp³-hybridized carbons (Fsp3) is 0.400. The number of aromatic nitrogens is 1. The molecule has 20 heavy (non-hydrogen) atoms. The van der Waals surface area contributed by atoms with E-state index in [-0.39, 0.29) is 11.7 Å². The van der Waals surface area contributed by atoms with Crippen molar-refractivity contribution in [3.63, 3.8) is 0 Å². The van der Waals surface area contributed by atoms with Gasteiger partial charge in [-0.25, -0.2) is 4.39 Å². The van der Waals surface area contributed by atoms with Gasteiger partial charge < -0.3 is 15.2 Å². The van der Waals surface area contributed by atoms with Gasteiger partial charge in [0.1, 0.15) is 5.82 Å². The summed E-state index contributed by atoms with van der Waals surface area (Å²) in [6.07, 6.45) is 3.04. The number of aromatic amines is 1. The van der Waals surface area contributed by atoms with Crippen molar-refractivity contribution in [3.8, 4) is 0 Å². The van der Waals surface area contributed by atoms with Crippen molar-refractivity contribution in [2.45, 2.75) is 12.8 Å². The monoisotopic (exact) mass is 275 g/mol. The fourth-order valence-electron chi connectivity index (χ4n) is 2.69. The molecule has 1 aliphatic heterocycles.